The number of piperazine rings is 1. The summed E-state index contributed by atoms with van der Waals surface area (Å²) in [6.45, 7) is 8.21. The fraction of sp³-hybridized carbons (Fsp3) is 0.480. The molecule has 2 fully saturated rings. The molecule has 0 bridgehead atoms. The number of aryl methyl sites for hydroxylation is 1. The van der Waals surface area contributed by atoms with Crippen molar-refractivity contribution >= 4 is 16.6 Å². The van der Waals surface area contributed by atoms with Gasteiger partial charge in [-0.1, -0.05) is 12.1 Å². The third kappa shape index (κ3) is 4.60. The van der Waals surface area contributed by atoms with E-state index in [1.54, 1.807) is 6.26 Å². The van der Waals surface area contributed by atoms with Gasteiger partial charge in [0, 0.05) is 81.4 Å². The van der Waals surface area contributed by atoms with Gasteiger partial charge in [0.15, 0.2) is 5.89 Å². The standard InChI is InChI=1S/C25H31N5O2/c1-18-27-24(17-32-18)20-3-4-21-16-26-23(14-22(21)13-20)15-25(31)19-5-7-29(8-6-19)30-11-9-28(2)10-12-30/h3-4,13-14,16-17,19H,5-12,15H2,1-2H3. The van der Waals surface area contributed by atoms with Gasteiger partial charge in [0.2, 0.25) is 0 Å². The molecule has 168 valence electrons. The molecule has 0 saturated carbocycles. The van der Waals surface area contributed by atoms with Gasteiger partial charge in [0.25, 0.3) is 0 Å². The Kier molecular flexibility index (Phi) is 6.04. The Bertz CT molecular complexity index is 1090. The summed E-state index contributed by atoms with van der Waals surface area (Å²) < 4.78 is 5.35. The molecule has 32 heavy (non-hydrogen) atoms. The SMILES string of the molecule is Cc1nc(-c2ccc3cnc(CC(=O)C4CCN(N5CCN(C)CC5)CC4)cc3c2)co1. The highest BCUT2D eigenvalue weighted by atomic mass is 16.3. The number of hydrogen-bond donors (Lipinski definition) is 0. The number of nitrogens with zero attached hydrogens (tertiary/aromatic N) is 5. The van der Waals surface area contributed by atoms with Crippen LogP contribution in [-0.2, 0) is 11.2 Å². The quantitative estimate of drug-likeness (QED) is 0.612. The smallest absolute Gasteiger partial charge is 0.191 e. The number of piperidine rings is 1. The lowest BCUT2D eigenvalue weighted by atomic mass is 9.90. The number of carbonyl (C=O) groups is 1. The average Bonchev–Trinajstić information content (AvgIpc) is 3.25. The van der Waals surface area contributed by atoms with Crippen molar-refractivity contribution in [1.82, 2.24) is 24.9 Å². The lowest BCUT2D eigenvalue weighted by Gasteiger charge is -2.43. The second kappa shape index (κ2) is 9.10. The van der Waals surface area contributed by atoms with E-state index in [2.05, 4.69) is 38.0 Å². The minimum atomic E-state index is 0.139. The largest absolute Gasteiger partial charge is 0.449 e. The minimum absolute atomic E-state index is 0.139. The Labute approximate surface area is 189 Å². The summed E-state index contributed by atoms with van der Waals surface area (Å²) in [7, 11) is 2.18. The number of fused-ring (bicyclic) bond motifs is 1. The highest BCUT2D eigenvalue weighted by molar-refractivity contribution is 5.88. The van der Waals surface area contributed by atoms with E-state index in [-0.39, 0.29) is 5.92 Å². The highest BCUT2D eigenvalue weighted by Crippen LogP contribution is 2.26. The fourth-order valence-electron chi connectivity index (χ4n) is 4.81. The topological polar surface area (TPSA) is 65.7 Å². The van der Waals surface area contributed by atoms with Crippen molar-refractivity contribution in [2.45, 2.75) is 26.2 Å². The van der Waals surface area contributed by atoms with Crippen molar-refractivity contribution < 1.29 is 9.21 Å². The first-order valence-corrected chi connectivity index (χ1v) is 11.6. The van der Waals surface area contributed by atoms with Crippen LogP contribution in [-0.4, -0.2) is 77.0 Å². The molecule has 2 aliphatic heterocycles. The van der Waals surface area contributed by atoms with Crippen LogP contribution >= 0.6 is 0 Å². The maximum Gasteiger partial charge on any atom is 0.191 e. The third-order valence-electron chi connectivity index (χ3n) is 6.85. The Morgan fingerprint density at radius 1 is 1.03 bits per heavy atom. The number of rotatable bonds is 5. The molecule has 2 saturated heterocycles. The van der Waals surface area contributed by atoms with Crippen LogP contribution in [0.5, 0.6) is 0 Å². The molecule has 3 aromatic rings. The van der Waals surface area contributed by atoms with Crippen LogP contribution in [0.4, 0.5) is 0 Å². The van der Waals surface area contributed by atoms with Crippen LogP contribution in [0.2, 0.25) is 0 Å². The van der Waals surface area contributed by atoms with Crippen molar-refractivity contribution in [3.8, 4) is 11.3 Å². The molecular weight excluding hydrogens is 402 g/mol. The molecule has 0 aliphatic carbocycles. The summed E-state index contributed by atoms with van der Waals surface area (Å²) in [4.78, 5) is 24.4. The minimum Gasteiger partial charge on any atom is -0.449 e. The number of likely N-dealkylation sites (N-methyl/N-ethyl adjacent to an activating group) is 1. The van der Waals surface area contributed by atoms with Crippen molar-refractivity contribution in [1.29, 1.82) is 0 Å². The molecule has 0 unspecified atom stereocenters. The zero-order valence-corrected chi connectivity index (χ0v) is 19.0. The maximum absolute atomic E-state index is 13.0. The van der Waals surface area contributed by atoms with Gasteiger partial charge in [0.05, 0.1) is 0 Å². The molecule has 7 heteroatoms. The number of pyridine rings is 1. The number of carbonyl (C=O) groups excluding carboxylic acids is 1. The van der Waals surface area contributed by atoms with Crippen LogP contribution < -0.4 is 0 Å². The zero-order chi connectivity index (χ0) is 22.1. The molecule has 5 rings (SSSR count). The summed E-state index contributed by atoms with van der Waals surface area (Å²) in [6, 6.07) is 8.21. The van der Waals surface area contributed by atoms with Crippen molar-refractivity contribution in [2.75, 3.05) is 46.3 Å². The van der Waals surface area contributed by atoms with Gasteiger partial charge in [-0.25, -0.2) is 15.0 Å². The zero-order valence-electron chi connectivity index (χ0n) is 19.0. The van der Waals surface area contributed by atoms with Gasteiger partial charge in [-0.2, -0.15) is 0 Å². The van der Waals surface area contributed by atoms with Crippen LogP contribution in [0.1, 0.15) is 24.4 Å². The van der Waals surface area contributed by atoms with Crippen LogP contribution in [0.3, 0.4) is 0 Å². The van der Waals surface area contributed by atoms with Gasteiger partial charge in [0.1, 0.15) is 17.7 Å². The van der Waals surface area contributed by atoms with E-state index in [9.17, 15) is 4.79 Å². The molecule has 2 aliphatic rings. The summed E-state index contributed by atoms with van der Waals surface area (Å²) >= 11 is 0. The first-order chi connectivity index (χ1) is 15.5. The van der Waals surface area contributed by atoms with Gasteiger partial charge >= 0.3 is 0 Å². The first-order valence-electron chi connectivity index (χ1n) is 11.6. The van der Waals surface area contributed by atoms with Crippen LogP contribution in [0.15, 0.2) is 41.1 Å². The molecule has 0 N–H and O–H groups in total. The molecule has 2 aromatic heterocycles. The lowest BCUT2D eigenvalue weighted by Crippen LogP contribution is -2.55. The second-order valence-electron chi connectivity index (χ2n) is 9.12. The fourth-order valence-corrected chi connectivity index (χ4v) is 4.81. The number of aromatic nitrogens is 2. The van der Waals surface area contributed by atoms with Crippen molar-refractivity contribution in [2.24, 2.45) is 5.92 Å². The Balaban J connectivity index is 1.22. The Hall–Kier alpha value is -2.61. The summed E-state index contributed by atoms with van der Waals surface area (Å²) in [5.74, 6) is 1.11. The summed E-state index contributed by atoms with van der Waals surface area (Å²) in [5.41, 5.74) is 2.68. The molecular formula is C25H31N5O2. The van der Waals surface area contributed by atoms with E-state index >= 15 is 0 Å². The Morgan fingerprint density at radius 3 is 2.50 bits per heavy atom. The van der Waals surface area contributed by atoms with E-state index in [0.717, 1.165) is 79.8 Å². The van der Waals surface area contributed by atoms with Gasteiger partial charge < -0.3 is 9.32 Å². The van der Waals surface area contributed by atoms with Gasteiger partial charge in [-0.3, -0.25) is 9.78 Å². The Morgan fingerprint density at radius 2 is 1.78 bits per heavy atom. The molecule has 0 radical (unpaired) electrons. The molecule has 1 aromatic carbocycles. The third-order valence-corrected chi connectivity index (χ3v) is 6.85. The second-order valence-corrected chi connectivity index (χ2v) is 9.12. The van der Waals surface area contributed by atoms with Gasteiger partial charge in [-0.15, -0.1) is 0 Å². The molecule has 0 spiro atoms. The van der Waals surface area contributed by atoms with Crippen LogP contribution in [0, 0.1) is 12.8 Å². The molecule has 0 amide bonds. The number of oxazole rings is 1. The highest BCUT2D eigenvalue weighted by Gasteiger charge is 2.29. The normalized spacial score (nSPS) is 19.6. The van der Waals surface area contributed by atoms with Crippen LogP contribution in [0.25, 0.3) is 22.0 Å². The number of ketones is 1. The predicted molar refractivity (Wildman–Crippen MR) is 124 cm³/mol. The number of hydrazine groups is 1. The predicted octanol–water partition coefficient (Wildman–Crippen LogP) is 3.18. The van der Waals surface area contributed by atoms with Crippen molar-refractivity contribution in [3.05, 3.63) is 48.3 Å². The summed E-state index contributed by atoms with van der Waals surface area (Å²) in [5, 5.41) is 7.06. The van der Waals surface area contributed by atoms with E-state index < -0.39 is 0 Å². The maximum atomic E-state index is 13.0. The number of Topliss-reactive ketones (excluding diaryl/α,β-unsaturated/α-hetero) is 1. The number of benzene rings is 1. The average molecular weight is 434 g/mol. The lowest BCUT2D eigenvalue weighted by molar-refractivity contribution is -0.127. The van der Waals surface area contributed by atoms with E-state index in [1.165, 1.54) is 0 Å². The van der Waals surface area contributed by atoms with Crippen molar-refractivity contribution in [3.63, 3.8) is 0 Å². The first kappa shape index (κ1) is 21.2. The molecule has 0 atom stereocenters. The van der Waals surface area contributed by atoms with E-state index in [1.807, 2.05) is 31.3 Å². The summed E-state index contributed by atoms with van der Waals surface area (Å²) in [6.07, 6.45) is 5.83. The van der Waals surface area contributed by atoms with E-state index in [0.29, 0.717) is 18.1 Å². The monoisotopic (exact) mass is 433 g/mol. The van der Waals surface area contributed by atoms with E-state index in [4.69, 9.17) is 4.42 Å². The van der Waals surface area contributed by atoms with Gasteiger partial charge in [-0.05, 0) is 37.4 Å². The molecule has 7 nitrogen and oxygen atoms in total. The number of hydrogen-bond acceptors (Lipinski definition) is 7. The molecule has 4 heterocycles.